The van der Waals surface area contributed by atoms with E-state index in [2.05, 4.69) is 10.6 Å². The molecule has 9 heteroatoms. The zero-order valence-electron chi connectivity index (χ0n) is 13.8. The van der Waals surface area contributed by atoms with Crippen LogP contribution in [0.2, 0.25) is 5.02 Å². The fourth-order valence-corrected chi connectivity index (χ4v) is 2.14. The van der Waals surface area contributed by atoms with E-state index in [9.17, 15) is 14.4 Å². The topological polar surface area (TPSA) is 103 Å². The van der Waals surface area contributed by atoms with E-state index in [-0.39, 0.29) is 18.1 Å². The molecular formula is C16H17ClN2O6. The predicted octanol–water partition coefficient (Wildman–Crippen LogP) is 2.06. The van der Waals surface area contributed by atoms with Gasteiger partial charge in [-0.3, -0.25) is 4.79 Å². The minimum Gasteiger partial charge on any atom is -0.419 e. The summed E-state index contributed by atoms with van der Waals surface area (Å²) >= 11 is 6.07. The Morgan fingerprint density at radius 2 is 1.92 bits per heavy atom. The maximum Gasteiger partial charge on any atom is 0.350 e. The van der Waals surface area contributed by atoms with Gasteiger partial charge < -0.3 is 24.8 Å². The highest BCUT2D eigenvalue weighted by Crippen LogP contribution is 2.27. The fraction of sp³-hybridized carbons (Fsp3) is 0.312. The molecule has 1 aliphatic heterocycles. The van der Waals surface area contributed by atoms with Crippen LogP contribution in [0.5, 0.6) is 0 Å². The zero-order valence-corrected chi connectivity index (χ0v) is 14.6. The largest absolute Gasteiger partial charge is 0.419 e. The molecule has 0 radical (unpaired) electrons. The summed E-state index contributed by atoms with van der Waals surface area (Å²) in [5, 5.41) is 5.67. The van der Waals surface area contributed by atoms with E-state index in [1.165, 1.54) is 27.0 Å². The van der Waals surface area contributed by atoms with Gasteiger partial charge in [0.1, 0.15) is 6.61 Å². The van der Waals surface area contributed by atoms with Crippen molar-refractivity contribution in [3.63, 3.8) is 0 Å². The standard InChI is InChI=1S/C16H17ClN2O6/c1-16(2)24-14(21)10(15(22)25-16)7-18-12-6-9(4-5-11(12)17)19-13(20)8-23-3/h4-7,18H,8H2,1-3H3,(H,19,20). The van der Waals surface area contributed by atoms with Crippen LogP contribution in [0.25, 0.3) is 0 Å². The molecule has 1 aromatic rings. The van der Waals surface area contributed by atoms with Gasteiger partial charge in [0.25, 0.3) is 5.79 Å². The molecule has 134 valence electrons. The van der Waals surface area contributed by atoms with Crippen molar-refractivity contribution in [2.75, 3.05) is 24.4 Å². The maximum atomic E-state index is 11.9. The van der Waals surface area contributed by atoms with Gasteiger partial charge >= 0.3 is 11.9 Å². The Hall–Kier alpha value is -2.58. The van der Waals surface area contributed by atoms with Crippen molar-refractivity contribution >= 4 is 40.8 Å². The highest BCUT2D eigenvalue weighted by Gasteiger charge is 2.38. The van der Waals surface area contributed by atoms with Gasteiger partial charge in [-0.15, -0.1) is 0 Å². The minimum absolute atomic E-state index is 0.0943. The van der Waals surface area contributed by atoms with E-state index < -0.39 is 17.7 Å². The summed E-state index contributed by atoms with van der Waals surface area (Å²) < 4.78 is 14.7. The molecule has 1 fully saturated rings. The summed E-state index contributed by atoms with van der Waals surface area (Å²) in [7, 11) is 1.41. The Morgan fingerprint density at radius 1 is 1.28 bits per heavy atom. The molecule has 2 N–H and O–H groups in total. The van der Waals surface area contributed by atoms with Crippen LogP contribution in [0.1, 0.15) is 13.8 Å². The van der Waals surface area contributed by atoms with Crippen molar-refractivity contribution in [2.45, 2.75) is 19.6 Å². The number of cyclic esters (lactones) is 2. The first-order valence-corrected chi connectivity index (χ1v) is 7.61. The molecule has 0 bridgehead atoms. The van der Waals surface area contributed by atoms with Gasteiger partial charge in [0, 0.05) is 32.8 Å². The lowest BCUT2D eigenvalue weighted by Crippen LogP contribution is -2.42. The number of benzene rings is 1. The molecule has 0 unspecified atom stereocenters. The second-order valence-corrected chi connectivity index (χ2v) is 5.96. The van der Waals surface area contributed by atoms with Crippen LogP contribution in [-0.4, -0.2) is 37.3 Å². The SMILES string of the molecule is COCC(=O)Nc1ccc(Cl)c(NC=C2C(=O)OC(C)(C)OC2=O)c1. The van der Waals surface area contributed by atoms with E-state index in [1.54, 1.807) is 12.1 Å². The number of carbonyl (C=O) groups excluding carboxylic acids is 3. The van der Waals surface area contributed by atoms with Gasteiger partial charge in [0.15, 0.2) is 5.57 Å². The van der Waals surface area contributed by atoms with Crippen LogP contribution >= 0.6 is 11.6 Å². The molecule has 0 spiro atoms. The minimum atomic E-state index is -1.31. The van der Waals surface area contributed by atoms with Crippen molar-refractivity contribution in [1.29, 1.82) is 0 Å². The van der Waals surface area contributed by atoms with Gasteiger partial charge in [-0.2, -0.15) is 0 Å². The highest BCUT2D eigenvalue weighted by atomic mass is 35.5. The second kappa shape index (κ2) is 7.54. The first kappa shape index (κ1) is 18.8. The van der Waals surface area contributed by atoms with Crippen molar-refractivity contribution in [1.82, 2.24) is 0 Å². The van der Waals surface area contributed by atoms with Gasteiger partial charge in [0.2, 0.25) is 5.91 Å². The summed E-state index contributed by atoms with van der Waals surface area (Å²) in [4.78, 5) is 35.3. The summed E-state index contributed by atoms with van der Waals surface area (Å²) in [6.07, 6.45) is 1.14. The van der Waals surface area contributed by atoms with E-state index in [0.29, 0.717) is 16.4 Å². The van der Waals surface area contributed by atoms with E-state index in [1.807, 2.05) is 0 Å². The number of carbonyl (C=O) groups is 3. The number of halogens is 1. The molecule has 0 atom stereocenters. The molecule has 1 aliphatic rings. The molecular weight excluding hydrogens is 352 g/mol. The molecule has 0 saturated carbocycles. The maximum absolute atomic E-state index is 11.9. The summed E-state index contributed by atoms with van der Waals surface area (Å²) in [6.45, 7) is 2.81. The number of methoxy groups -OCH3 is 1. The highest BCUT2D eigenvalue weighted by molar-refractivity contribution is 6.33. The van der Waals surface area contributed by atoms with Gasteiger partial charge in [-0.05, 0) is 18.2 Å². The number of hydrogen-bond acceptors (Lipinski definition) is 7. The first-order chi connectivity index (χ1) is 11.7. The Bertz CT molecular complexity index is 722. The Labute approximate surface area is 149 Å². The number of nitrogens with one attached hydrogen (secondary N) is 2. The van der Waals surface area contributed by atoms with Crippen LogP contribution in [0, 0.1) is 0 Å². The third-order valence-corrected chi connectivity index (χ3v) is 3.34. The van der Waals surface area contributed by atoms with Gasteiger partial charge in [0.05, 0.1) is 10.7 Å². The number of anilines is 2. The molecule has 1 aromatic carbocycles. The Balaban J connectivity index is 2.15. The number of amides is 1. The average molecular weight is 369 g/mol. The number of ether oxygens (including phenoxy) is 3. The van der Waals surface area contributed by atoms with Gasteiger partial charge in [-0.1, -0.05) is 11.6 Å². The zero-order chi connectivity index (χ0) is 18.6. The molecule has 1 saturated heterocycles. The number of hydrogen-bond donors (Lipinski definition) is 2. The smallest absolute Gasteiger partial charge is 0.350 e. The first-order valence-electron chi connectivity index (χ1n) is 7.23. The van der Waals surface area contributed by atoms with Crippen molar-refractivity contribution in [3.8, 4) is 0 Å². The lowest BCUT2D eigenvalue weighted by atomic mass is 10.2. The van der Waals surface area contributed by atoms with E-state index in [4.69, 9.17) is 25.8 Å². The quantitative estimate of drug-likeness (QED) is 0.465. The third-order valence-electron chi connectivity index (χ3n) is 3.01. The summed E-state index contributed by atoms with van der Waals surface area (Å²) in [5.41, 5.74) is 0.529. The summed E-state index contributed by atoms with van der Waals surface area (Å²) in [6, 6.07) is 4.68. The molecule has 0 aliphatic carbocycles. The average Bonchev–Trinajstić information content (AvgIpc) is 2.48. The van der Waals surface area contributed by atoms with Crippen molar-refractivity contribution in [2.24, 2.45) is 0 Å². The van der Waals surface area contributed by atoms with Crippen LogP contribution in [0.4, 0.5) is 11.4 Å². The van der Waals surface area contributed by atoms with Crippen LogP contribution in [0.15, 0.2) is 30.0 Å². The van der Waals surface area contributed by atoms with Crippen molar-refractivity contribution < 1.29 is 28.6 Å². The molecule has 1 amide bonds. The normalized spacial score (nSPS) is 15.9. The summed E-state index contributed by atoms with van der Waals surface area (Å²) in [5.74, 6) is -3.27. The number of esters is 2. The third kappa shape index (κ3) is 4.94. The molecule has 8 nitrogen and oxygen atoms in total. The Kier molecular flexibility index (Phi) is 5.66. The predicted molar refractivity (Wildman–Crippen MR) is 89.9 cm³/mol. The van der Waals surface area contributed by atoms with E-state index in [0.717, 1.165) is 6.20 Å². The van der Waals surface area contributed by atoms with E-state index >= 15 is 0 Å². The molecule has 1 heterocycles. The monoisotopic (exact) mass is 368 g/mol. The number of rotatable bonds is 5. The van der Waals surface area contributed by atoms with Crippen molar-refractivity contribution in [3.05, 3.63) is 35.0 Å². The van der Waals surface area contributed by atoms with Crippen LogP contribution in [0.3, 0.4) is 0 Å². The molecule has 0 aromatic heterocycles. The fourth-order valence-electron chi connectivity index (χ4n) is 1.97. The van der Waals surface area contributed by atoms with Crippen LogP contribution in [-0.2, 0) is 28.6 Å². The molecule has 25 heavy (non-hydrogen) atoms. The molecule has 2 rings (SSSR count). The second-order valence-electron chi connectivity index (χ2n) is 5.56. The lowest BCUT2D eigenvalue weighted by molar-refractivity contribution is -0.222. The lowest BCUT2D eigenvalue weighted by Gasteiger charge is -2.29. The van der Waals surface area contributed by atoms with Gasteiger partial charge in [-0.25, -0.2) is 9.59 Å². The van der Waals surface area contributed by atoms with Crippen LogP contribution < -0.4 is 10.6 Å². The Morgan fingerprint density at radius 3 is 2.52 bits per heavy atom.